The molecule has 2 aromatic rings. The molecule has 5 heteroatoms. The molecule has 0 spiro atoms. The van der Waals surface area contributed by atoms with Crippen molar-refractivity contribution in [1.29, 1.82) is 0 Å². The van der Waals surface area contributed by atoms with Crippen LogP contribution in [-0.4, -0.2) is 11.0 Å². The lowest BCUT2D eigenvalue weighted by atomic mass is 10.00. The monoisotopic (exact) mass is 334 g/mol. The summed E-state index contributed by atoms with van der Waals surface area (Å²) in [4.78, 5) is 10.2. The molecule has 0 heterocycles. The van der Waals surface area contributed by atoms with E-state index in [4.69, 9.17) is 5.73 Å². The highest BCUT2D eigenvalue weighted by atomic mass is 79.9. The van der Waals surface area contributed by atoms with Gasteiger partial charge in [0, 0.05) is 22.6 Å². The van der Waals surface area contributed by atoms with Crippen LogP contribution in [0.5, 0.6) is 0 Å². The van der Waals surface area contributed by atoms with Gasteiger partial charge in [-0.05, 0) is 36.1 Å². The average molecular weight is 335 g/mol. The molecule has 0 saturated carbocycles. The minimum absolute atomic E-state index is 0.00856. The van der Waals surface area contributed by atoms with Crippen molar-refractivity contribution in [2.45, 2.75) is 18.9 Å². The van der Waals surface area contributed by atoms with E-state index in [-0.39, 0.29) is 11.7 Å². The Morgan fingerprint density at radius 2 is 1.75 bits per heavy atom. The number of halogens is 1. The van der Waals surface area contributed by atoms with Crippen molar-refractivity contribution < 1.29 is 4.92 Å². The maximum Gasteiger partial charge on any atom is 0.269 e. The third kappa shape index (κ3) is 4.15. The molecule has 1 atom stereocenters. The van der Waals surface area contributed by atoms with Crippen LogP contribution < -0.4 is 5.73 Å². The molecule has 0 amide bonds. The molecule has 1 unspecified atom stereocenters. The first kappa shape index (κ1) is 14.7. The molecule has 104 valence electrons. The minimum atomic E-state index is -0.398. The number of nitro benzene ring substituents is 1. The Balaban J connectivity index is 1.97. The second-order valence-corrected chi connectivity index (χ2v) is 5.64. The summed E-state index contributed by atoms with van der Waals surface area (Å²) in [7, 11) is 0. The van der Waals surface area contributed by atoms with E-state index >= 15 is 0 Å². The first-order valence-electron chi connectivity index (χ1n) is 6.28. The molecule has 4 nitrogen and oxygen atoms in total. The number of hydrogen-bond acceptors (Lipinski definition) is 3. The quantitative estimate of drug-likeness (QED) is 0.672. The van der Waals surface area contributed by atoms with Crippen LogP contribution in [0.15, 0.2) is 53.0 Å². The summed E-state index contributed by atoms with van der Waals surface area (Å²) in [5.74, 6) is 0. The molecule has 0 aromatic heterocycles. The molecule has 0 aliphatic rings. The van der Waals surface area contributed by atoms with E-state index in [0.717, 1.165) is 16.5 Å². The van der Waals surface area contributed by atoms with Crippen LogP contribution in [0.25, 0.3) is 0 Å². The Bertz CT molecular complexity index is 599. The van der Waals surface area contributed by atoms with E-state index in [9.17, 15) is 10.1 Å². The van der Waals surface area contributed by atoms with Gasteiger partial charge in [-0.25, -0.2) is 0 Å². The molecule has 0 bridgehead atoms. The van der Waals surface area contributed by atoms with Gasteiger partial charge in [0.1, 0.15) is 0 Å². The molecule has 2 aromatic carbocycles. The van der Waals surface area contributed by atoms with Crippen molar-refractivity contribution in [3.8, 4) is 0 Å². The van der Waals surface area contributed by atoms with Gasteiger partial charge in [0.15, 0.2) is 0 Å². The van der Waals surface area contributed by atoms with Gasteiger partial charge >= 0.3 is 0 Å². The molecule has 0 aliphatic heterocycles. The van der Waals surface area contributed by atoms with Crippen LogP contribution in [0.1, 0.15) is 11.1 Å². The van der Waals surface area contributed by atoms with E-state index < -0.39 is 4.92 Å². The number of benzene rings is 2. The van der Waals surface area contributed by atoms with Crippen LogP contribution in [0, 0.1) is 10.1 Å². The van der Waals surface area contributed by atoms with Gasteiger partial charge in [-0.2, -0.15) is 0 Å². The van der Waals surface area contributed by atoms with Gasteiger partial charge in [0.2, 0.25) is 0 Å². The minimum Gasteiger partial charge on any atom is -0.327 e. The van der Waals surface area contributed by atoms with Crippen LogP contribution in [-0.2, 0) is 12.8 Å². The molecule has 0 radical (unpaired) electrons. The van der Waals surface area contributed by atoms with Gasteiger partial charge in [-0.1, -0.05) is 40.2 Å². The zero-order chi connectivity index (χ0) is 14.5. The van der Waals surface area contributed by atoms with Crippen molar-refractivity contribution in [2.75, 3.05) is 0 Å². The normalized spacial score (nSPS) is 12.1. The zero-order valence-electron chi connectivity index (χ0n) is 10.8. The summed E-state index contributed by atoms with van der Waals surface area (Å²) in [6, 6.07) is 14.6. The Kier molecular flexibility index (Phi) is 4.87. The molecule has 0 aliphatic carbocycles. The fourth-order valence-corrected chi connectivity index (χ4v) is 2.54. The number of hydrogen-bond donors (Lipinski definition) is 1. The smallest absolute Gasteiger partial charge is 0.269 e. The van der Waals surface area contributed by atoms with Crippen LogP contribution in [0.4, 0.5) is 5.69 Å². The van der Waals surface area contributed by atoms with Gasteiger partial charge in [0.25, 0.3) is 5.69 Å². The summed E-state index contributed by atoms with van der Waals surface area (Å²) >= 11 is 3.44. The topological polar surface area (TPSA) is 69.2 Å². The number of nitro groups is 1. The highest BCUT2D eigenvalue weighted by Crippen LogP contribution is 2.16. The van der Waals surface area contributed by atoms with Crippen molar-refractivity contribution in [3.05, 3.63) is 74.2 Å². The van der Waals surface area contributed by atoms with Crippen molar-refractivity contribution in [2.24, 2.45) is 5.73 Å². The molecule has 0 saturated heterocycles. The summed E-state index contributed by atoms with van der Waals surface area (Å²) in [6.45, 7) is 0. The highest BCUT2D eigenvalue weighted by molar-refractivity contribution is 9.10. The fourth-order valence-electron chi connectivity index (χ4n) is 2.10. The lowest BCUT2D eigenvalue weighted by Gasteiger charge is -2.12. The zero-order valence-corrected chi connectivity index (χ0v) is 12.4. The number of nitrogens with zero attached hydrogens (tertiary/aromatic N) is 1. The molecule has 2 rings (SSSR count). The predicted molar refractivity (Wildman–Crippen MR) is 82.6 cm³/mol. The second kappa shape index (κ2) is 6.63. The van der Waals surface area contributed by atoms with Crippen molar-refractivity contribution >= 4 is 21.6 Å². The van der Waals surface area contributed by atoms with Crippen molar-refractivity contribution in [1.82, 2.24) is 0 Å². The number of non-ortho nitro benzene ring substituents is 1. The Labute approximate surface area is 125 Å². The lowest BCUT2D eigenvalue weighted by Crippen LogP contribution is -2.25. The Morgan fingerprint density at radius 1 is 1.10 bits per heavy atom. The summed E-state index contributed by atoms with van der Waals surface area (Å²) in [6.07, 6.45) is 1.47. The van der Waals surface area contributed by atoms with E-state index in [1.54, 1.807) is 12.1 Å². The fraction of sp³-hybridized carbons (Fsp3) is 0.200. The maximum atomic E-state index is 10.6. The highest BCUT2D eigenvalue weighted by Gasteiger charge is 2.08. The standard InChI is InChI=1S/C15H15BrN2O2/c16-13-3-1-2-12(8-13)10-14(17)9-11-4-6-15(7-5-11)18(19)20/h1-8,14H,9-10,17H2. The van der Waals surface area contributed by atoms with Crippen LogP contribution >= 0.6 is 15.9 Å². The largest absolute Gasteiger partial charge is 0.327 e. The SMILES string of the molecule is NC(Cc1ccc([N+](=O)[O-])cc1)Cc1cccc(Br)c1. The molecule has 0 fully saturated rings. The Morgan fingerprint density at radius 3 is 2.35 bits per heavy atom. The maximum absolute atomic E-state index is 10.6. The van der Waals surface area contributed by atoms with E-state index in [2.05, 4.69) is 22.0 Å². The van der Waals surface area contributed by atoms with E-state index in [1.807, 2.05) is 18.2 Å². The van der Waals surface area contributed by atoms with E-state index in [1.165, 1.54) is 17.7 Å². The number of nitrogens with two attached hydrogens (primary N) is 1. The average Bonchev–Trinajstić information content (AvgIpc) is 2.39. The first-order valence-corrected chi connectivity index (χ1v) is 7.07. The lowest BCUT2D eigenvalue weighted by molar-refractivity contribution is -0.384. The molecule has 20 heavy (non-hydrogen) atoms. The molecular weight excluding hydrogens is 320 g/mol. The molecule has 2 N–H and O–H groups in total. The van der Waals surface area contributed by atoms with Gasteiger partial charge in [0.05, 0.1) is 4.92 Å². The number of rotatable bonds is 5. The third-order valence-corrected chi connectivity index (χ3v) is 3.53. The first-order chi connectivity index (χ1) is 9.54. The van der Waals surface area contributed by atoms with Crippen molar-refractivity contribution in [3.63, 3.8) is 0 Å². The van der Waals surface area contributed by atoms with Gasteiger partial charge in [-0.3, -0.25) is 10.1 Å². The summed E-state index contributed by atoms with van der Waals surface area (Å²) < 4.78 is 1.04. The summed E-state index contributed by atoms with van der Waals surface area (Å²) in [5.41, 5.74) is 8.43. The van der Waals surface area contributed by atoms with Gasteiger partial charge in [-0.15, -0.1) is 0 Å². The van der Waals surface area contributed by atoms with E-state index in [0.29, 0.717) is 6.42 Å². The second-order valence-electron chi connectivity index (χ2n) is 4.72. The van der Waals surface area contributed by atoms with Gasteiger partial charge < -0.3 is 5.73 Å². The predicted octanol–water partition coefficient (Wildman–Crippen LogP) is 3.47. The molecular formula is C15H15BrN2O2. The van der Waals surface area contributed by atoms with Crippen LogP contribution in [0.3, 0.4) is 0 Å². The third-order valence-electron chi connectivity index (χ3n) is 3.03. The van der Waals surface area contributed by atoms with Crippen LogP contribution in [0.2, 0.25) is 0 Å². The Hall–Kier alpha value is -1.72. The summed E-state index contributed by atoms with van der Waals surface area (Å²) in [5, 5.41) is 10.6.